The summed E-state index contributed by atoms with van der Waals surface area (Å²) in [4.78, 5) is 4.61. The molecule has 0 aliphatic heterocycles. The molecule has 2 nitrogen and oxygen atoms in total. The standard InChI is InChI=1S/C11H8ClF3N2S/c12-11-17-5-6(18-11)4-16-8-3-1-2-7(13)9(8)10(14)15/h1-3,5,10,16H,4H2. The monoisotopic (exact) mass is 292 g/mol. The summed E-state index contributed by atoms with van der Waals surface area (Å²) in [6, 6.07) is 3.80. The van der Waals surface area contributed by atoms with Gasteiger partial charge in [-0.3, -0.25) is 0 Å². The summed E-state index contributed by atoms with van der Waals surface area (Å²) in [5.41, 5.74) is -0.539. The second-order valence-electron chi connectivity index (χ2n) is 3.43. The lowest BCUT2D eigenvalue weighted by Crippen LogP contribution is -2.03. The summed E-state index contributed by atoms with van der Waals surface area (Å²) in [7, 11) is 0. The molecular weight excluding hydrogens is 285 g/mol. The molecule has 0 unspecified atom stereocenters. The van der Waals surface area contributed by atoms with Gasteiger partial charge in [0.1, 0.15) is 5.82 Å². The molecule has 2 rings (SSSR count). The van der Waals surface area contributed by atoms with Gasteiger partial charge in [0, 0.05) is 16.8 Å². The van der Waals surface area contributed by atoms with Crippen LogP contribution < -0.4 is 5.32 Å². The minimum atomic E-state index is -2.86. The topological polar surface area (TPSA) is 24.9 Å². The van der Waals surface area contributed by atoms with Gasteiger partial charge in [-0.25, -0.2) is 18.2 Å². The van der Waals surface area contributed by atoms with E-state index in [2.05, 4.69) is 10.3 Å². The van der Waals surface area contributed by atoms with Gasteiger partial charge < -0.3 is 5.32 Å². The minimum Gasteiger partial charge on any atom is -0.380 e. The van der Waals surface area contributed by atoms with Crippen LogP contribution in [0.5, 0.6) is 0 Å². The van der Waals surface area contributed by atoms with Crippen molar-refractivity contribution in [2.45, 2.75) is 13.0 Å². The van der Waals surface area contributed by atoms with Gasteiger partial charge >= 0.3 is 0 Å². The van der Waals surface area contributed by atoms with Gasteiger partial charge in [-0.05, 0) is 12.1 Å². The molecule has 0 bridgehead atoms. The van der Waals surface area contributed by atoms with Crippen molar-refractivity contribution < 1.29 is 13.2 Å². The summed E-state index contributed by atoms with van der Waals surface area (Å²) in [5.74, 6) is -0.919. The van der Waals surface area contributed by atoms with Gasteiger partial charge in [0.25, 0.3) is 6.43 Å². The number of aromatic nitrogens is 1. The third-order valence-corrected chi connectivity index (χ3v) is 3.36. The van der Waals surface area contributed by atoms with Crippen LogP contribution in [0.1, 0.15) is 16.9 Å². The number of alkyl halides is 2. The fourth-order valence-corrected chi connectivity index (χ4v) is 2.38. The van der Waals surface area contributed by atoms with Crippen LogP contribution in [0.4, 0.5) is 18.9 Å². The number of thiazole rings is 1. The van der Waals surface area contributed by atoms with Gasteiger partial charge in [-0.2, -0.15) is 0 Å². The van der Waals surface area contributed by atoms with Crippen molar-refractivity contribution in [2.24, 2.45) is 0 Å². The first-order chi connectivity index (χ1) is 8.58. The maximum absolute atomic E-state index is 13.3. The zero-order valence-corrected chi connectivity index (χ0v) is 10.5. The Morgan fingerprint density at radius 1 is 1.39 bits per heavy atom. The van der Waals surface area contributed by atoms with Gasteiger partial charge in [-0.15, -0.1) is 11.3 Å². The van der Waals surface area contributed by atoms with Gasteiger partial charge in [-0.1, -0.05) is 17.7 Å². The Kier molecular flexibility index (Phi) is 4.08. The van der Waals surface area contributed by atoms with E-state index >= 15 is 0 Å². The van der Waals surface area contributed by atoms with Crippen molar-refractivity contribution in [1.29, 1.82) is 0 Å². The molecule has 0 atom stereocenters. The lowest BCUT2D eigenvalue weighted by atomic mass is 10.1. The molecule has 0 fully saturated rings. The second kappa shape index (κ2) is 5.58. The Bertz CT molecular complexity index is 545. The first-order valence-electron chi connectivity index (χ1n) is 4.98. The zero-order chi connectivity index (χ0) is 13.1. The molecule has 0 radical (unpaired) electrons. The summed E-state index contributed by atoms with van der Waals surface area (Å²) in [6.07, 6.45) is -1.32. The van der Waals surface area contributed by atoms with Crippen molar-refractivity contribution >= 4 is 28.6 Å². The fraction of sp³-hybridized carbons (Fsp3) is 0.182. The SMILES string of the molecule is Fc1cccc(NCc2cnc(Cl)s2)c1C(F)F. The number of nitrogens with zero attached hydrogens (tertiary/aromatic N) is 1. The predicted octanol–water partition coefficient (Wildman–Crippen LogP) is 4.49. The quantitative estimate of drug-likeness (QED) is 0.898. The van der Waals surface area contributed by atoms with E-state index in [-0.39, 0.29) is 12.2 Å². The summed E-state index contributed by atoms with van der Waals surface area (Å²) in [6.45, 7) is 0.271. The molecule has 7 heteroatoms. The maximum atomic E-state index is 13.3. The van der Waals surface area contributed by atoms with Crippen molar-refractivity contribution in [3.63, 3.8) is 0 Å². The zero-order valence-electron chi connectivity index (χ0n) is 8.96. The van der Waals surface area contributed by atoms with Gasteiger partial charge in [0.15, 0.2) is 4.47 Å². The molecular formula is C11H8ClF3N2S. The van der Waals surface area contributed by atoms with Crippen LogP contribution in [0.3, 0.4) is 0 Å². The van der Waals surface area contributed by atoms with E-state index in [4.69, 9.17) is 11.6 Å². The van der Waals surface area contributed by atoms with Crippen molar-refractivity contribution in [2.75, 3.05) is 5.32 Å². The molecule has 0 aliphatic carbocycles. The van der Waals surface area contributed by atoms with Crippen LogP contribution in [-0.4, -0.2) is 4.98 Å². The molecule has 0 amide bonds. The number of nitrogens with one attached hydrogen (secondary N) is 1. The molecule has 2 aromatic rings. The van der Waals surface area contributed by atoms with Crippen molar-refractivity contribution in [1.82, 2.24) is 4.98 Å². The molecule has 0 saturated carbocycles. The number of halogens is 4. The fourth-order valence-electron chi connectivity index (χ4n) is 1.46. The van der Waals surface area contributed by atoms with E-state index in [1.165, 1.54) is 23.5 Å². The average Bonchev–Trinajstić information content (AvgIpc) is 2.72. The molecule has 96 valence electrons. The highest BCUT2D eigenvalue weighted by Crippen LogP contribution is 2.30. The second-order valence-corrected chi connectivity index (χ2v) is 5.13. The normalized spacial score (nSPS) is 10.9. The highest BCUT2D eigenvalue weighted by Gasteiger charge is 2.17. The van der Waals surface area contributed by atoms with Crippen LogP contribution in [-0.2, 0) is 6.54 Å². The molecule has 0 spiro atoms. The van der Waals surface area contributed by atoms with Gasteiger partial charge in [0.05, 0.1) is 12.1 Å². The van der Waals surface area contributed by atoms with E-state index < -0.39 is 17.8 Å². The predicted molar refractivity (Wildman–Crippen MR) is 65.8 cm³/mol. The lowest BCUT2D eigenvalue weighted by Gasteiger charge is -2.11. The minimum absolute atomic E-state index is 0.0783. The highest BCUT2D eigenvalue weighted by atomic mass is 35.5. The first kappa shape index (κ1) is 13.2. The third kappa shape index (κ3) is 2.94. The Labute approximate surface area is 110 Å². The van der Waals surface area contributed by atoms with Crippen LogP contribution in [0.2, 0.25) is 4.47 Å². The summed E-state index contributed by atoms with van der Waals surface area (Å²) < 4.78 is 39.1. The summed E-state index contributed by atoms with van der Waals surface area (Å²) >= 11 is 6.88. The van der Waals surface area contributed by atoms with Crippen LogP contribution in [0, 0.1) is 5.82 Å². The van der Waals surface area contributed by atoms with Crippen molar-refractivity contribution in [3.05, 3.63) is 45.1 Å². The number of hydrogen-bond acceptors (Lipinski definition) is 3. The molecule has 0 saturated heterocycles. The van der Waals surface area contributed by atoms with Crippen LogP contribution in [0.15, 0.2) is 24.4 Å². The Morgan fingerprint density at radius 2 is 2.17 bits per heavy atom. The van der Waals surface area contributed by atoms with E-state index in [1.807, 2.05) is 0 Å². The van der Waals surface area contributed by atoms with E-state index in [1.54, 1.807) is 6.20 Å². The maximum Gasteiger partial charge on any atom is 0.268 e. The van der Waals surface area contributed by atoms with E-state index in [0.717, 1.165) is 10.9 Å². The van der Waals surface area contributed by atoms with E-state index in [9.17, 15) is 13.2 Å². The number of rotatable bonds is 4. The third-order valence-electron chi connectivity index (χ3n) is 2.25. The molecule has 1 aromatic carbocycles. The Balaban J connectivity index is 2.16. The lowest BCUT2D eigenvalue weighted by molar-refractivity contribution is 0.147. The smallest absolute Gasteiger partial charge is 0.268 e. The molecule has 1 N–H and O–H groups in total. The molecule has 1 heterocycles. The highest BCUT2D eigenvalue weighted by molar-refractivity contribution is 7.15. The first-order valence-corrected chi connectivity index (χ1v) is 6.18. The van der Waals surface area contributed by atoms with E-state index in [0.29, 0.717) is 4.47 Å². The van der Waals surface area contributed by atoms with Crippen molar-refractivity contribution in [3.8, 4) is 0 Å². The molecule has 1 aromatic heterocycles. The Morgan fingerprint density at radius 3 is 2.78 bits per heavy atom. The average molecular weight is 293 g/mol. The summed E-state index contributed by atoms with van der Waals surface area (Å²) in [5, 5.41) is 2.76. The largest absolute Gasteiger partial charge is 0.380 e. The number of hydrogen-bond donors (Lipinski definition) is 1. The molecule has 18 heavy (non-hydrogen) atoms. The van der Waals surface area contributed by atoms with Crippen LogP contribution >= 0.6 is 22.9 Å². The Hall–Kier alpha value is -1.27. The molecule has 0 aliphatic rings. The number of benzene rings is 1. The van der Waals surface area contributed by atoms with Gasteiger partial charge in [0.2, 0.25) is 0 Å². The number of anilines is 1. The van der Waals surface area contributed by atoms with Crippen LogP contribution in [0.25, 0.3) is 0 Å².